The third-order valence-corrected chi connectivity index (χ3v) is 4.07. The molecule has 2 atom stereocenters. The average Bonchev–Trinajstić information content (AvgIpc) is 2.47. The van der Waals surface area contributed by atoms with Crippen LogP contribution in [0.3, 0.4) is 0 Å². The molecule has 8 heteroatoms. The average molecular weight is 368 g/mol. The summed E-state index contributed by atoms with van der Waals surface area (Å²) in [6.45, 7) is 7.63. The topological polar surface area (TPSA) is 74.2 Å². The predicted octanol–water partition coefficient (Wildman–Crippen LogP) is 2.60. The van der Waals surface area contributed by atoms with Gasteiger partial charge in [0.1, 0.15) is 19.3 Å². The lowest BCUT2D eigenvalue weighted by Gasteiger charge is -2.24. The molecule has 0 radical (unpaired) electrons. The predicted molar refractivity (Wildman–Crippen MR) is 94.9 cm³/mol. The fourth-order valence-corrected chi connectivity index (χ4v) is 2.42. The van der Waals surface area contributed by atoms with E-state index < -0.39 is 13.9 Å². The smallest absolute Gasteiger partial charge is 0.375 e. The van der Waals surface area contributed by atoms with Crippen LogP contribution in [-0.2, 0) is 23.1 Å². The third kappa shape index (κ3) is 15.3. The van der Waals surface area contributed by atoms with Crippen LogP contribution in [0.5, 0.6) is 0 Å². The minimum atomic E-state index is -4.08. The zero-order valence-corrected chi connectivity index (χ0v) is 16.5. The zero-order chi connectivity index (χ0) is 18.5. The molecule has 0 heterocycles. The fraction of sp³-hybridized carbons (Fsp3) is 0.875. The van der Waals surface area contributed by atoms with Crippen molar-refractivity contribution in [2.45, 2.75) is 32.3 Å². The second-order valence-corrected chi connectivity index (χ2v) is 8.09. The molecule has 0 bridgehead atoms. The second-order valence-electron chi connectivity index (χ2n) is 6.64. The minimum Gasteiger partial charge on any atom is -0.375 e. The van der Waals surface area contributed by atoms with Gasteiger partial charge in [0.05, 0.1) is 41.0 Å². The lowest BCUT2D eigenvalue weighted by atomic mass is 10.3. The molecular weight excluding hydrogens is 333 g/mol. The summed E-state index contributed by atoms with van der Waals surface area (Å²) < 4.78 is 33.6. The fourth-order valence-electron chi connectivity index (χ4n) is 1.67. The van der Waals surface area contributed by atoms with Crippen LogP contribution < -0.4 is 0 Å². The summed E-state index contributed by atoms with van der Waals surface area (Å²) in [4.78, 5) is 9.73. The lowest BCUT2D eigenvalue weighted by Crippen LogP contribution is -2.37. The highest BCUT2D eigenvalue weighted by Crippen LogP contribution is 2.43. The van der Waals surface area contributed by atoms with Gasteiger partial charge in [-0.05, 0) is 6.42 Å². The van der Waals surface area contributed by atoms with E-state index in [1.165, 1.54) is 0 Å². The number of quaternary nitrogens is 1. The van der Waals surface area contributed by atoms with Gasteiger partial charge in [0.2, 0.25) is 0 Å². The molecule has 24 heavy (non-hydrogen) atoms. The molecule has 1 N–H and O–H groups in total. The molecule has 0 aromatic carbocycles. The maximum Gasteiger partial charge on any atom is 0.472 e. The van der Waals surface area contributed by atoms with Crippen LogP contribution in [0.25, 0.3) is 0 Å². The Bertz CT molecular complexity index is 372. The van der Waals surface area contributed by atoms with Crippen LogP contribution >= 0.6 is 7.82 Å². The SMILES string of the molecule is C=CCOC[C@H](COP(=O)(O)OCC[N+](C)(C)C)OCCCCC. The monoisotopic (exact) mass is 368 g/mol. The summed E-state index contributed by atoms with van der Waals surface area (Å²) in [7, 11) is 1.85. The van der Waals surface area contributed by atoms with Crippen molar-refractivity contribution >= 4 is 7.82 Å². The maximum absolute atomic E-state index is 11.9. The quantitative estimate of drug-likeness (QED) is 0.195. The van der Waals surface area contributed by atoms with Gasteiger partial charge in [-0.1, -0.05) is 25.8 Å². The molecule has 0 rings (SSSR count). The summed E-state index contributed by atoms with van der Waals surface area (Å²) in [5.74, 6) is 0. The van der Waals surface area contributed by atoms with Gasteiger partial charge in [-0.3, -0.25) is 9.05 Å². The number of nitrogens with zero attached hydrogens (tertiary/aromatic N) is 1. The number of unbranched alkanes of at least 4 members (excludes halogenated alkanes) is 2. The Kier molecular flexibility index (Phi) is 12.9. The van der Waals surface area contributed by atoms with E-state index in [2.05, 4.69) is 13.5 Å². The highest BCUT2D eigenvalue weighted by molar-refractivity contribution is 7.47. The number of hydrogen-bond acceptors (Lipinski definition) is 5. The van der Waals surface area contributed by atoms with Crippen molar-refractivity contribution in [3.63, 3.8) is 0 Å². The first-order chi connectivity index (χ1) is 11.2. The van der Waals surface area contributed by atoms with E-state index in [9.17, 15) is 9.46 Å². The van der Waals surface area contributed by atoms with Crippen LogP contribution in [0, 0.1) is 0 Å². The Labute approximate surface area is 146 Å². The normalized spacial score (nSPS) is 15.9. The number of likely N-dealkylation sites (N-methyl/N-ethyl adjacent to an activating group) is 1. The van der Waals surface area contributed by atoms with Crippen LogP contribution in [-0.4, -0.2) is 76.2 Å². The van der Waals surface area contributed by atoms with Crippen molar-refractivity contribution in [2.24, 2.45) is 0 Å². The van der Waals surface area contributed by atoms with Crippen LogP contribution in [0.4, 0.5) is 0 Å². The number of hydrogen-bond donors (Lipinski definition) is 1. The molecule has 7 nitrogen and oxygen atoms in total. The van der Waals surface area contributed by atoms with E-state index in [0.717, 1.165) is 19.3 Å². The Morgan fingerprint density at radius 1 is 1.17 bits per heavy atom. The summed E-state index contributed by atoms with van der Waals surface area (Å²) in [6, 6.07) is 0. The molecule has 0 fully saturated rings. The summed E-state index contributed by atoms with van der Waals surface area (Å²) in [5.41, 5.74) is 0. The molecule has 0 aliphatic rings. The molecule has 0 spiro atoms. The van der Waals surface area contributed by atoms with Gasteiger partial charge in [-0.25, -0.2) is 4.57 Å². The van der Waals surface area contributed by atoms with Crippen molar-refractivity contribution < 1.29 is 32.5 Å². The van der Waals surface area contributed by atoms with Gasteiger partial charge in [-0.15, -0.1) is 6.58 Å². The van der Waals surface area contributed by atoms with E-state index in [0.29, 0.717) is 24.2 Å². The Morgan fingerprint density at radius 2 is 1.88 bits per heavy atom. The van der Waals surface area contributed by atoms with E-state index in [1.807, 2.05) is 21.1 Å². The molecule has 0 aromatic heterocycles. The van der Waals surface area contributed by atoms with Gasteiger partial charge < -0.3 is 18.9 Å². The van der Waals surface area contributed by atoms with Gasteiger partial charge in [-0.2, -0.15) is 0 Å². The molecule has 0 aliphatic carbocycles. The van der Waals surface area contributed by atoms with Gasteiger partial charge in [0.25, 0.3) is 0 Å². The largest absolute Gasteiger partial charge is 0.472 e. The highest BCUT2D eigenvalue weighted by Gasteiger charge is 2.24. The summed E-state index contributed by atoms with van der Waals surface area (Å²) >= 11 is 0. The number of phosphoric ester groups is 1. The van der Waals surface area contributed by atoms with E-state index in [-0.39, 0.29) is 19.8 Å². The van der Waals surface area contributed by atoms with Gasteiger partial charge in [0.15, 0.2) is 0 Å². The van der Waals surface area contributed by atoms with E-state index in [4.69, 9.17) is 18.5 Å². The molecule has 0 saturated carbocycles. The molecule has 144 valence electrons. The highest BCUT2D eigenvalue weighted by atomic mass is 31.2. The van der Waals surface area contributed by atoms with Gasteiger partial charge in [0, 0.05) is 6.61 Å². The molecule has 0 saturated heterocycles. The minimum absolute atomic E-state index is 0.0541. The van der Waals surface area contributed by atoms with Crippen molar-refractivity contribution in [1.29, 1.82) is 0 Å². The standard InChI is InChI=1S/C16H34NO6P/c1-6-8-9-12-21-16(14-20-11-7-2)15-23-24(18,19)22-13-10-17(3,4)5/h7,16H,2,6,8-15H2,1,3-5H3/p+1/t16-/m1/s1. The van der Waals surface area contributed by atoms with Crippen molar-refractivity contribution in [1.82, 2.24) is 0 Å². The molecule has 0 aliphatic heterocycles. The Morgan fingerprint density at radius 3 is 2.46 bits per heavy atom. The number of ether oxygens (including phenoxy) is 2. The van der Waals surface area contributed by atoms with Crippen molar-refractivity contribution in [3.8, 4) is 0 Å². The van der Waals surface area contributed by atoms with Crippen molar-refractivity contribution in [3.05, 3.63) is 12.7 Å². The Balaban J connectivity index is 4.22. The molecule has 0 aromatic rings. The first-order valence-electron chi connectivity index (χ1n) is 8.42. The van der Waals surface area contributed by atoms with Crippen LogP contribution in [0.2, 0.25) is 0 Å². The van der Waals surface area contributed by atoms with E-state index >= 15 is 0 Å². The maximum atomic E-state index is 11.9. The van der Waals surface area contributed by atoms with Crippen LogP contribution in [0.1, 0.15) is 26.2 Å². The Hall–Kier alpha value is -0.270. The number of rotatable bonds is 16. The lowest BCUT2D eigenvalue weighted by molar-refractivity contribution is -0.870. The second kappa shape index (κ2) is 13.0. The van der Waals surface area contributed by atoms with Gasteiger partial charge >= 0.3 is 7.82 Å². The summed E-state index contributed by atoms with van der Waals surface area (Å²) in [5, 5.41) is 0. The molecule has 1 unspecified atom stereocenters. The molecule has 0 amide bonds. The summed E-state index contributed by atoms with van der Waals surface area (Å²) in [6.07, 6.45) is 4.34. The first kappa shape index (κ1) is 23.7. The molecular formula is C16H35NO6P+. The van der Waals surface area contributed by atoms with Crippen LogP contribution in [0.15, 0.2) is 12.7 Å². The third-order valence-electron chi connectivity index (χ3n) is 3.08. The van der Waals surface area contributed by atoms with Crippen molar-refractivity contribution in [2.75, 3.05) is 60.7 Å². The first-order valence-corrected chi connectivity index (χ1v) is 9.92. The number of phosphoric acid groups is 1. The van der Waals surface area contributed by atoms with E-state index in [1.54, 1.807) is 6.08 Å². The zero-order valence-electron chi connectivity index (χ0n) is 15.6.